The number of ether oxygens (including phenoxy) is 1. The fourth-order valence-electron chi connectivity index (χ4n) is 2.71. The largest absolute Gasteiger partial charge is 0.466 e. The first-order valence-electron chi connectivity index (χ1n) is 8.94. The molecule has 0 aliphatic rings. The van der Waals surface area contributed by atoms with Crippen molar-refractivity contribution in [2.24, 2.45) is 0 Å². The van der Waals surface area contributed by atoms with E-state index < -0.39 is 12.1 Å². The van der Waals surface area contributed by atoms with Crippen molar-refractivity contribution in [2.45, 2.75) is 32.4 Å². The Morgan fingerprint density at radius 3 is 2.75 bits per heavy atom. The molecular formula is C19H21N5O4. The van der Waals surface area contributed by atoms with Gasteiger partial charge < -0.3 is 19.7 Å². The number of amides is 1. The van der Waals surface area contributed by atoms with Gasteiger partial charge in [-0.15, -0.1) is 0 Å². The topological polar surface area (TPSA) is 119 Å². The molecule has 1 amide bonds. The Labute approximate surface area is 161 Å². The average molecular weight is 383 g/mol. The molecule has 0 saturated heterocycles. The van der Waals surface area contributed by atoms with Gasteiger partial charge in [0.25, 0.3) is 5.91 Å². The lowest BCUT2D eigenvalue weighted by molar-refractivity contribution is -0.145. The highest BCUT2D eigenvalue weighted by atomic mass is 16.5. The number of hydrogen-bond donors (Lipinski definition) is 2. The van der Waals surface area contributed by atoms with Gasteiger partial charge >= 0.3 is 5.97 Å². The van der Waals surface area contributed by atoms with Crippen molar-refractivity contribution in [3.8, 4) is 0 Å². The third kappa shape index (κ3) is 4.68. The van der Waals surface area contributed by atoms with E-state index in [9.17, 15) is 14.7 Å². The summed E-state index contributed by atoms with van der Waals surface area (Å²) >= 11 is 0. The lowest BCUT2D eigenvalue weighted by atomic mass is 10.2. The van der Waals surface area contributed by atoms with Crippen LogP contribution in [-0.4, -0.2) is 49.2 Å². The van der Waals surface area contributed by atoms with Crippen molar-refractivity contribution in [1.82, 2.24) is 19.5 Å². The predicted molar refractivity (Wildman–Crippen MR) is 102 cm³/mol. The molecule has 0 radical (unpaired) electrons. The molecule has 2 heterocycles. The molecule has 28 heavy (non-hydrogen) atoms. The molecular weight excluding hydrogens is 362 g/mol. The fraction of sp³-hybridized carbons (Fsp3) is 0.316. The molecule has 0 aliphatic heterocycles. The highest BCUT2D eigenvalue weighted by molar-refractivity contribution is 6.06. The van der Waals surface area contributed by atoms with E-state index in [0.29, 0.717) is 35.5 Å². The molecule has 146 valence electrons. The standard InChI is InChI=1S/C19H21N5O4/c1-2-28-15(26)10-14(25)8-9-24-12-22-16-17(20-11-21-18(16)24)23-19(27)13-6-4-3-5-7-13/h3-7,11-12,14,25H,2,8-10H2,1H3,(H,20,21,23,27). The van der Waals surface area contributed by atoms with Gasteiger partial charge in [-0.25, -0.2) is 15.0 Å². The summed E-state index contributed by atoms with van der Waals surface area (Å²) in [5.74, 6) is -0.414. The molecule has 1 aromatic carbocycles. The van der Waals surface area contributed by atoms with Gasteiger partial charge in [-0.2, -0.15) is 0 Å². The highest BCUT2D eigenvalue weighted by Crippen LogP contribution is 2.19. The molecule has 3 aromatic rings. The molecule has 9 nitrogen and oxygen atoms in total. The number of anilines is 1. The summed E-state index contributed by atoms with van der Waals surface area (Å²) in [5, 5.41) is 12.7. The smallest absolute Gasteiger partial charge is 0.308 e. The Kier molecular flexibility index (Phi) is 6.28. The van der Waals surface area contributed by atoms with Crippen molar-refractivity contribution in [2.75, 3.05) is 11.9 Å². The first-order chi connectivity index (χ1) is 13.6. The minimum Gasteiger partial charge on any atom is -0.466 e. The van der Waals surface area contributed by atoms with E-state index in [1.54, 1.807) is 42.1 Å². The molecule has 0 saturated carbocycles. The van der Waals surface area contributed by atoms with E-state index in [-0.39, 0.29) is 18.9 Å². The van der Waals surface area contributed by atoms with Gasteiger partial charge in [0.05, 0.1) is 25.5 Å². The first kappa shape index (κ1) is 19.4. The minimum atomic E-state index is -0.824. The van der Waals surface area contributed by atoms with Gasteiger partial charge in [-0.05, 0) is 25.5 Å². The number of aliphatic hydroxyl groups is 1. The zero-order valence-electron chi connectivity index (χ0n) is 15.4. The quantitative estimate of drug-likeness (QED) is 0.569. The van der Waals surface area contributed by atoms with Crippen LogP contribution >= 0.6 is 0 Å². The van der Waals surface area contributed by atoms with Crippen LogP contribution in [0.4, 0.5) is 5.82 Å². The molecule has 3 rings (SSSR count). The van der Waals surface area contributed by atoms with Crippen molar-refractivity contribution >= 4 is 28.9 Å². The van der Waals surface area contributed by atoms with Crippen LogP contribution in [0, 0.1) is 0 Å². The fourth-order valence-corrected chi connectivity index (χ4v) is 2.71. The molecule has 0 fully saturated rings. The molecule has 0 aliphatic carbocycles. The maximum absolute atomic E-state index is 12.4. The number of aryl methyl sites for hydroxylation is 1. The summed E-state index contributed by atoms with van der Waals surface area (Å²) in [6, 6.07) is 8.80. The first-order valence-corrected chi connectivity index (χ1v) is 8.94. The zero-order chi connectivity index (χ0) is 19.9. The number of imidazole rings is 1. The molecule has 0 spiro atoms. The average Bonchev–Trinajstić information content (AvgIpc) is 3.11. The van der Waals surface area contributed by atoms with Gasteiger partial charge in [0, 0.05) is 12.1 Å². The van der Waals surface area contributed by atoms with Gasteiger partial charge in [-0.3, -0.25) is 9.59 Å². The summed E-state index contributed by atoms with van der Waals surface area (Å²) in [5.41, 5.74) is 1.49. The number of benzene rings is 1. The Hall–Kier alpha value is -3.33. The van der Waals surface area contributed by atoms with Crippen LogP contribution in [-0.2, 0) is 16.1 Å². The number of rotatable bonds is 8. The molecule has 9 heteroatoms. The molecule has 0 bridgehead atoms. The Morgan fingerprint density at radius 2 is 2.00 bits per heavy atom. The second kappa shape index (κ2) is 9.05. The van der Waals surface area contributed by atoms with Crippen LogP contribution in [0.25, 0.3) is 11.2 Å². The van der Waals surface area contributed by atoms with Crippen molar-refractivity contribution < 1.29 is 19.4 Å². The van der Waals surface area contributed by atoms with Crippen LogP contribution in [0.1, 0.15) is 30.1 Å². The van der Waals surface area contributed by atoms with Crippen molar-refractivity contribution in [1.29, 1.82) is 0 Å². The number of nitrogens with zero attached hydrogens (tertiary/aromatic N) is 4. The van der Waals surface area contributed by atoms with Crippen molar-refractivity contribution in [3.05, 3.63) is 48.5 Å². The van der Waals surface area contributed by atoms with Crippen LogP contribution in [0.2, 0.25) is 0 Å². The lowest BCUT2D eigenvalue weighted by Crippen LogP contribution is -2.17. The monoisotopic (exact) mass is 383 g/mol. The lowest BCUT2D eigenvalue weighted by Gasteiger charge is -2.10. The Balaban J connectivity index is 1.69. The number of carbonyl (C=O) groups is 2. The van der Waals surface area contributed by atoms with E-state index in [2.05, 4.69) is 20.3 Å². The van der Waals surface area contributed by atoms with Gasteiger partial charge in [0.1, 0.15) is 6.33 Å². The SMILES string of the molecule is CCOC(=O)CC(O)CCn1cnc2c(NC(=O)c3ccccc3)ncnc21. The molecule has 2 aromatic heterocycles. The second-order valence-electron chi connectivity index (χ2n) is 6.10. The van der Waals surface area contributed by atoms with E-state index in [0.717, 1.165) is 0 Å². The van der Waals surface area contributed by atoms with Gasteiger partial charge in [0.2, 0.25) is 0 Å². The van der Waals surface area contributed by atoms with Gasteiger partial charge in [0.15, 0.2) is 17.0 Å². The van der Waals surface area contributed by atoms with E-state index in [4.69, 9.17) is 4.74 Å². The number of esters is 1. The number of fused-ring (bicyclic) bond motifs is 1. The Morgan fingerprint density at radius 1 is 1.21 bits per heavy atom. The molecule has 1 unspecified atom stereocenters. The number of carbonyl (C=O) groups excluding carboxylic acids is 2. The van der Waals surface area contributed by atoms with E-state index >= 15 is 0 Å². The van der Waals surface area contributed by atoms with Crippen LogP contribution < -0.4 is 5.32 Å². The maximum Gasteiger partial charge on any atom is 0.308 e. The predicted octanol–water partition coefficient (Wildman–Crippen LogP) is 1.78. The number of nitrogens with one attached hydrogen (secondary N) is 1. The summed E-state index contributed by atoms with van der Waals surface area (Å²) in [4.78, 5) is 36.4. The normalized spacial score (nSPS) is 11.9. The number of aromatic nitrogens is 4. The van der Waals surface area contributed by atoms with E-state index in [1.807, 2.05) is 6.07 Å². The number of aliphatic hydroxyl groups excluding tert-OH is 1. The second-order valence-corrected chi connectivity index (χ2v) is 6.10. The van der Waals surface area contributed by atoms with Gasteiger partial charge in [-0.1, -0.05) is 18.2 Å². The van der Waals surface area contributed by atoms with Crippen LogP contribution in [0.15, 0.2) is 43.0 Å². The summed E-state index contributed by atoms with van der Waals surface area (Å²) in [7, 11) is 0. The third-order valence-corrected chi connectivity index (χ3v) is 4.08. The van der Waals surface area contributed by atoms with Crippen LogP contribution in [0.5, 0.6) is 0 Å². The van der Waals surface area contributed by atoms with Crippen molar-refractivity contribution in [3.63, 3.8) is 0 Å². The minimum absolute atomic E-state index is 0.0617. The maximum atomic E-state index is 12.4. The number of hydrogen-bond acceptors (Lipinski definition) is 7. The van der Waals surface area contributed by atoms with E-state index in [1.165, 1.54) is 6.33 Å². The van der Waals surface area contributed by atoms with Crippen LogP contribution in [0.3, 0.4) is 0 Å². The zero-order valence-corrected chi connectivity index (χ0v) is 15.4. The summed E-state index contributed by atoms with van der Waals surface area (Å²) in [6.45, 7) is 2.40. The highest BCUT2D eigenvalue weighted by Gasteiger charge is 2.16. The summed E-state index contributed by atoms with van der Waals surface area (Å²) < 4.78 is 6.57. The molecule has 1 atom stereocenters. The molecule has 2 N–H and O–H groups in total. The third-order valence-electron chi connectivity index (χ3n) is 4.08. The summed E-state index contributed by atoms with van der Waals surface area (Å²) in [6.07, 6.45) is 2.36. The Bertz CT molecular complexity index is 957.